The lowest BCUT2D eigenvalue weighted by Gasteiger charge is -2.26. The highest BCUT2D eigenvalue weighted by Gasteiger charge is 2.25. The predicted octanol–water partition coefficient (Wildman–Crippen LogP) is 1.82. The van der Waals surface area contributed by atoms with Crippen LogP contribution in [-0.4, -0.2) is 76.1 Å². The highest BCUT2D eigenvalue weighted by Crippen LogP contribution is 2.26. The standard InChI is InChI=1S/C25H30N6O4/c1-15-8-23(33)30-21-3-2-17(10-19(15)21)29-25(34)20-9-16(14-31-4-6-35-7-5-31)12-27-24(20)28-18-11-22(32)26-13-18/h2-3,8-10,12,18,22,26,32H,4-7,11,13-14H2,1H3,(H,27,28)(H,29,34)(H,30,33). The Morgan fingerprint density at radius 1 is 1.26 bits per heavy atom. The first-order valence-electron chi connectivity index (χ1n) is 11.8. The molecule has 2 aromatic heterocycles. The van der Waals surface area contributed by atoms with Crippen molar-refractivity contribution in [2.75, 3.05) is 43.5 Å². The number of aliphatic hydroxyl groups excluding tert-OH is 1. The molecule has 5 rings (SSSR count). The molecule has 2 aliphatic rings. The van der Waals surface area contributed by atoms with Gasteiger partial charge in [0.2, 0.25) is 5.88 Å². The van der Waals surface area contributed by atoms with Gasteiger partial charge in [0.05, 0.1) is 24.3 Å². The molecule has 4 heterocycles. The topological polar surface area (TPSA) is 132 Å². The number of aromatic hydroxyl groups is 1. The van der Waals surface area contributed by atoms with E-state index in [2.05, 4.69) is 30.8 Å². The molecule has 0 spiro atoms. The molecule has 184 valence electrons. The van der Waals surface area contributed by atoms with E-state index in [0.29, 0.717) is 55.3 Å². The third kappa shape index (κ3) is 5.51. The number of carbonyl (C=O) groups excluding carboxylic acids is 1. The molecule has 1 aromatic carbocycles. The lowest BCUT2D eigenvalue weighted by atomic mass is 10.1. The Morgan fingerprint density at radius 3 is 2.86 bits per heavy atom. The van der Waals surface area contributed by atoms with Crippen LogP contribution in [0, 0.1) is 6.92 Å². The first-order chi connectivity index (χ1) is 16.9. The first-order valence-corrected chi connectivity index (χ1v) is 11.8. The average molecular weight is 479 g/mol. The van der Waals surface area contributed by atoms with Gasteiger partial charge in [-0.1, -0.05) is 0 Å². The summed E-state index contributed by atoms with van der Waals surface area (Å²) in [4.78, 5) is 24.5. The summed E-state index contributed by atoms with van der Waals surface area (Å²) < 4.78 is 5.44. The number of fused-ring (bicyclic) bond motifs is 1. The quantitative estimate of drug-likeness (QED) is 0.360. The fourth-order valence-electron chi connectivity index (χ4n) is 4.57. The van der Waals surface area contributed by atoms with Gasteiger partial charge in [0.1, 0.15) is 12.0 Å². The second-order valence-corrected chi connectivity index (χ2v) is 9.11. The number of morpholine rings is 1. The fourth-order valence-corrected chi connectivity index (χ4v) is 4.57. The number of amides is 1. The molecule has 1 amide bonds. The molecule has 0 saturated carbocycles. The minimum absolute atomic E-state index is 0.0304. The maximum Gasteiger partial charge on any atom is 0.259 e. The van der Waals surface area contributed by atoms with E-state index in [1.165, 1.54) is 0 Å². The van der Waals surface area contributed by atoms with Gasteiger partial charge in [0.15, 0.2) is 0 Å². The van der Waals surface area contributed by atoms with Crippen molar-refractivity contribution in [1.29, 1.82) is 0 Å². The predicted molar refractivity (Wildman–Crippen MR) is 132 cm³/mol. The molecule has 5 N–H and O–H groups in total. The fraction of sp³-hybridized carbons (Fsp3) is 0.400. The van der Waals surface area contributed by atoms with Crippen LogP contribution in [0.2, 0.25) is 0 Å². The van der Waals surface area contributed by atoms with Crippen molar-refractivity contribution in [1.82, 2.24) is 20.2 Å². The van der Waals surface area contributed by atoms with E-state index in [-0.39, 0.29) is 17.8 Å². The van der Waals surface area contributed by atoms with Gasteiger partial charge >= 0.3 is 0 Å². The van der Waals surface area contributed by atoms with Crippen LogP contribution in [0.5, 0.6) is 5.88 Å². The lowest BCUT2D eigenvalue weighted by molar-refractivity contribution is 0.0341. The minimum Gasteiger partial charge on any atom is -0.493 e. The van der Waals surface area contributed by atoms with Crippen LogP contribution < -0.4 is 16.0 Å². The molecule has 10 nitrogen and oxygen atoms in total. The number of hydrogen-bond donors (Lipinski definition) is 5. The van der Waals surface area contributed by atoms with Crippen LogP contribution in [0.1, 0.15) is 27.9 Å². The Labute approximate surface area is 203 Å². The second-order valence-electron chi connectivity index (χ2n) is 9.11. The summed E-state index contributed by atoms with van der Waals surface area (Å²) in [5.41, 5.74) is 3.54. The van der Waals surface area contributed by atoms with Crippen LogP contribution in [0.3, 0.4) is 0 Å². The van der Waals surface area contributed by atoms with Crippen LogP contribution in [-0.2, 0) is 11.3 Å². The number of ether oxygens (including phenoxy) is 1. The molecular weight excluding hydrogens is 448 g/mol. The van der Waals surface area contributed by atoms with Crippen molar-refractivity contribution in [3.63, 3.8) is 0 Å². The summed E-state index contributed by atoms with van der Waals surface area (Å²) in [6, 6.07) is 8.84. The van der Waals surface area contributed by atoms with Gasteiger partial charge in [-0.15, -0.1) is 0 Å². The van der Waals surface area contributed by atoms with Gasteiger partial charge < -0.3 is 25.6 Å². The molecule has 35 heavy (non-hydrogen) atoms. The molecular formula is C25H30N6O4. The molecule has 2 saturated heterocycles. The van der Waals surface area contributed by atoms with Crippen LogP contribution >= 0.6 is 0 Å². The molecule has 0 bridgehead atoms. The number of aromatic nitrogens is 2. The zero-order valence-electron chi connectivity index (χ0n) is 19.6. The van der Waals surface area contributed by atoms with Gasteiger partial charge in [-0.2, -0.15) is 0 Å². The van der Waals surface area contributed by atoms with E-state index >= 15 is 0 Å². The third-order valence-electron chi connectivity index (χ3n) is 6.41. The summed E-state index contributed by atoms with van der Waals surface area (Å²) in [6.45, 7) is 6.24. The molecule has 2 atom stereocenters. The summed E-state index contributed by atoms with van der Waals surface area (Å²) >= 11 is 0. The zero-order valence-corrected chi connectivity index (χ0v) is 19.6. The summed E-state index contributed by atoms with van der Waals surface area (Å²) in [6.07, 6.45) is 1.76. The maximum absolute atomic E-state index is 13.4. The van der Waals surface area contributed by atoms with Crippen LogP contribution in [0.15, 0.2) is 36.5 Å². The largest absolute Gasteiger partial charge is 0.493 e. The van der Waals surface area contributed by atoms with Gasteiger partial charge in [-0.3, -0.25) is 15.0 Å². The Hall–Kier alpha value is -3.31. The Morgan fingerprint density at radius 2 is 2.09 bits per heavy atom. The van der Waals surface area contributed by atoms with Crippen molar-refractivity contribution >= 4 is 28.3 Å². The number of anilines is 2. The maximum atomic E-state index is 13.4. The number of pyridine rings is 2. The smallest absolute Gasteiger partial charge is 0.259 e. The van der Waals surface area contributed by atoms with Gasteiger partial charge in [-0.05, 0) is 42.3 Å². The number of nitrogens with one attached hydrogen (secondary N) is 3. The SMILES string of the molecule is Cc1cc(O)nc2ccc(NC(=O)c3cc(CN4CCOCC4)cnc3NC3CNC(O)C3)cc12. The number of aliphatic hydroxyl groups is 1. The molecule has 2 fully saturated rings. The van der Waals surface area contributed by atoms with E-state index in [1.54, 1.807) is 24.4 Å². The van der Waals surface area contributed by atoms with Crippen molar-refractivity contribution in [3.8, 4) is 5.88 Å². The summed E-state index contributed by atoms with van der Waals surface area (Å²) in [5.74, 6) is 0.175. The van der Waals surface area contributed by atoms with Crippen LogP contribution in [0.25, 0.3) is 10.9 Å². The number of nitrogens with zero attached hydrogens (tertiary/aromatic N) is 3. The van der Waals surface area contributed by atoms with Gasteiger partial charge in [0.25, 0.3) is 5.91 Å². The summed E-state index contributed by atoms with van der Waals surface area (Å²) in [7, 11) is 0. The van der Waals surface area contributed by atoms with Crippen molar-refractivity contribution in [2.24, 2.45) is 0 Å². The number of rotatable bonds is 6. The minimum atomic E-state index is -0.570. The Bertz CT molecular complexity index is 1230. The zero-order chi connectivity index (χ0) is 24.4. The van der Waals surface area contributed by atoms with Crippen molar-refractivity contribution < 1.29 is 19.7 Å². The molecule has 2 aliphatic heterocycles. The third-order valence-corrected chi connectivity index (χ3v) is 6.41. The Balaban J connectivity index is 1.41. The van der Waals surface area contributed by atoms with Gasteiger partial charge in [0, 0.05) is 62.0 Å². The molecule has 10 heteroatoms. The normalized spacial score (nSPS) is 20.7. The lowest BCUT2D eigenvalue weighted by Crippen LogP contribution is -2.35. The number of aryl methyl sites for hydroxylation is 1. The molecule has 2 unspecified atom stereocenters. The first kappa shape index (κ1) is 23.4. The highest BCUT2D eigenvalue weighted by molar-refractivity contribution is 6.08. The van der Waals surface area contributed by atoms with E-state index in [4.69, 9.17) is 4.74 Å². The van der Waals surface area contributed by atoms with E-state index in [1.807, 2.05) is 19.1 Å². The monoisotopic (exact) mass is 478 g/mol. The van der Waals surface area contributed by atoms with E-state index in [0.717, 1.165) is 29.6 Å². The van der Waals surface area contributed by atoms with E-state index in [9.17, 15) is 15.0 Å². The molecule has 3 aromatic rings. The number of hydrogen-bond acceptors (Lipinski definition) is 9. The van der Waals surface area contributed by atoms with Crippen molar-refractivity contribution in [3.05, 3.63) is 53.2 Å². The summed E-state index contributed by atoms with van der Waals surface area (Å²) in [5, 5.41) is 29.7. The number of benzene rings is 1. The Kier molecular flexibility index (Phi) is 6.78. The van der Waals surface area contributed by atoms with E-state index < -0.39 is 6.23 Å². The molecule has 0 radical (unpaired) electrons. The van der Waals surface area contributed by atoms with Crippen molar-refractivity contribution in [2.45, 2.75) is 32.2 Å². The average Bonchev–Trinajstić information content (AvgIpc) is 3.25. The van der Waals surface area contributed by atoms with Crippen LogP contribution in [0.4, 0.5) is 11.5 Å². The highest BCUT2D eigenvalue weighted by atomic mass is 16.5. The van der Waals surface area contributed by atoms with Gasteiger partial charge in [-0.25, -0.2) is 9.97 Å². The molecule has 0 aliphatic carbocycles. The number of carbonyl (C=O) groups is 1. The second kappa shape index (κ2) is 10.1.